The van der Waals surface area contributed by atoms with Crippen molar-refractivity contribution in [2.24, 2.45) is 0 Å². The van der Waals surface area contributed by atoms with Crippen molar-refractivity contribution in [3.63, 3.8) is 0 Å². The van der Waals surface area contributed by atoms with Gasteiger partial charge in [0, 0.05) is 37.0 Å². The van der Waals surface area contributed by atoms with Gasteiger partial charge in [0.2, 0.25) is 0 Å². The molecule has 42 heavy (non-hydrogen) atoms. The molecule has 1 aliphatic carbocycles. The molecule has 0 spiro atoms. The Hall–Kier alpha value is -4.00. The highest BCUT2D eigenvalue weighted by molar-refractivity contribution is 7.19. The second-order valence-corrected chi connectivity index (χ2v) is 12.7. The maximum Gasteiger partial charge on any atom is 0.410 e. The van der Waals surface area contributed by atoms with Crippen LogP contribution in [0.25, 0.3) is 20.4 Å². The molecule has 3 heterocycles. The molecular formula is C30H32N6O4S2. The first kappa shape index (κ1) is 28.1. The number of aromatic amines is 1. The number of thiophene rings is 1. The number of aryl methyl sites for hydroxylation is 1. The van der Waals surface area contributed by atoms with Gasteiger partial charge in [-0.05, 0) is 44.1 Å². The summed E-state index contributed by atoms with van der Waals surface area (Å²) >= 11 is 2.77. The predicted molar refractivity (Wildman–Crippen MR) is 167 cm³/mol. The lowest BCUT2D eigenvalue weighted by atomic mass is 9.94. The average molecular weight is 605 g/mol. The van der Waals surface area contributed by atoms with Gasteiger partial charge in [-0.3, -0.25) is 4.79 Å². The van der Waals surface area contributed by atoms with E-state index < -0.39 is 0 Å². The van der Waals surface area contributed by atoms with Gasteiger partial charge in [0.25, 0.3) is 0 Å². The van der Waals surface area contributed by atoms with Crippen molar-refractivity contribution in [1.29, 1.82) is 0 Å². The third-order valence-electron chi connectivity index (χ3n) is 7.35. The molecule has 6 rings (SSSR count). The number of H-pyrrole nitrogens is 1. The summed E-state index contributed by atoms with van der Waals surface area (Å²) in [5, 5.41) is 4.41. The van der Waals surface area contributed by atoms with Crippen molar-refractivity contribution in [2.75, 3.05) is 39.6 Å². The number of carbonyl (C=O) groups excluding carboxylic acids is 1. The molecule has 0 radical (unpaired) electrons. The molecule has 3 aromatic heterocycles. The number of aromatic nitrogens is 3. The molecular weight excluding hydrogens is 573 g/mol. The number of nitrogens with one attached hydrogen (secondary N) is 2. The van der Waals surface area contributed by atoms with Crippen LogP contribution in [0, 0.1) is 0 Å². The summed E-state index contributed by atoms with van der Waals surface area (Å²) in [5.74, 6) is 1.29. The van der Waals surface area contributed by atoms with Gasteiger partial charge in [-0.1, -0.05) is 41.7 Å². The van der Waals surface area contributed by atoms with Crippen LogP contribution in [0.5, 0.6) is 5.75 Å². The van der Waals surface area contributed by atoms with Gasteiger partial charge in [0.15, 0.2) is 0 Å². The van der Waals surface area contributed by atoms with Crippen LogP contribution in [-0.2, 0) is 24.1 Å². The maximum absolute atomic E-state index is 13.3. The highest BCUT2D eigenvalue weighted by Crippen LogP contribution is 2.41. The first-order chi connectivity index (χ1) is 20.4. The highest BCUT2D eigenvalue weighted by atomic mass is 32.1. The first-order valence-electron chi connectivity index (χ1n) is 13.7. The zero-order chi connectivity index (χ0) is 29.2. The number of methoxy groups -OCH3 is 1. The summed E-state index contributed by atoms with van der Waals surface area (Å²) < 4.78 is 12.5. The number of amides is 1. The molecule has 2 N–H and O–H groups in total. The number of nitrogens with zero attached hydrogens (tertiary/aromatic N) is 4. The second kappa shape index (κ2) is 12.1. The predicted octanol–water partition coefficient (Wildman–Crippen LogP) is 5.40. The van der Waals surface area contributed by atoms with Crippen LogP contribution in [0.15, 0.2) is 53.6 Å². The molecule has 0 saturated carbocycles. The number of likely N-dealkylation sites (N-methyl/N-ethyl adjacent to an activating group) is 1. The van der Waals surface area contributed by atoms with Crippen molar-refractivity contribution in [2.45, 2.75) is 31.9 Å². The Morgan fingerprint density at radius 3 is 2.76 bits per heavy atom. The van der Waals surface area contributed by atoms with Crippen LogP contribution in [0.4, 0.5) is 16.3 Å². The van der Waals surface area contributed by atoms with Gasteiger partial charge in [0.05, 0.1) is 28.4 Å². The van der Waals surface area contributed by atoms with Crippen LogP contribution in [0.1, 0.15) is 22.4 Å². The summed E-state index contributed by atoms with van der Waals surface area (Å²) in [6.07, 6.45) is 3.17. The molecule has 218 valence electrons. The third-order valence-corrected chi connectivity index (χ3v) is 9.36. The number of ether oxygens (including phenoxy) is 2. The van der Waals surface area contributed by atoms with Crippen LogP contribution < -0.4 is 14.9 Å². The third kappa shape index (κ3) is 5.96. The molecule has 0 fully saturated rings. The van der Waals surface area contributed by atoms with Crippen molar-refractivity contribution in [3.8, 4) is 5.75 Å². The second-order valence-electron chi connectivity index (χ2n) is 10.6. The van der Waals surface area contributed by atoms with Crippen molar-refractivity contribution in [3.05, 3.63) is 74.5 Å². The average Bonchev–Trinajstić information content (AvgIpc) is 3.54. The van der Waals surface area contributed by atoms with Crippen LogP contribution >= 0.6 is 22.7 Å². The van der Waals surface area contributed by atoms with Crippen molar-refractivity contribution in [1.82, 2.24) is 24.8 Å². The number of benzene rings is 2. The SMILES string of the molecule is COc1cc2[nH]c(=O)sc2cc1Nc1ncnc2sc3c(c12)CCC(OC(=O)N(CCN(C)C)Cc1ccccc1)C3. The Morgan fingerprint density at radius 2 is 1.98 bits per heavy atom. The molecule has 1 aliphatic rings. The summed E-state index contributed by atoms with van der Waals surface area (Å²) in [6, 6.07) is 13.7. The largest absolute Gasteiger partial charge is 0.494 e. The number of thiazole rings is 1. The lowest BCUT2D eigenvalue weighted by Gasteiger charge is -2.28. The number of anilines is 2. The quantitative estimate of drug-likeness (QED) is 0.230. The fraction of sp³-hybridized carbons (Fsp3) is 0.333. The van der Waals surface area contributed by atoms with Gasteiger partial charge >= 0.3 is 11.0 Å². The lowest BCUT2D eigenvalue weighted by Crippen LogP contribution is -2.39. The van der Waals surface area contributed by atoms with E-state index in [-0.39, 0.29) is 17.1 Å². The van der Waals surface area contributed by atoms with E-state index in [0.29, 0.717) is 31.1 Å². The molecule has 0 saturated heterocycles. The van der Waals surface area contributed by atoms with Gasteiger partial charge in [-0.2, -0.15) is 0 Å². The van der Waals surface area contributed by atoms with Gasteiger partial charge in [-0.15, -0.1) is 11.3 Å². The van der Waals surface area contributed by atoms with E-state index in [2.05, 4.69) is 25.2 Å². The summed E-state index contributed by atoms with van der Waals surface area (Å²) in [5.41, 5.74) is 3.71. The van der Waals surface area contributed by atoms with Gasteiger partial charge in [-0.25, -0.2) is 14.8 Å². The van der Waals surface area contributed by atoms with Crippen molar-refractivity contribution >= 4 is 60.7 Å². The first-order valence-corrected chi connectivity index (χ1v) is 15.4. The van der Waals surface area contributed by atoms with Crippen LogP contribution in [0.3, 0.4) is 0 Å². The number of fused-ring (bicyclic) bond motifs is 4. The fourth-order valence-electron chi connectivity index (χ4n) is 5.22. The monoisotopic (exact) mass is 604 g/mol. The van der Waals surface area contributed by atoms with E-state index >= 15 is 0 Å². The molecule has 12 heteroatoms. The zero-order valence-corrected chi connectivity index (χ0v) is 25.3. The van der Waals surface area contributed by atoms with E-state index in [1.54, 1.807) is 29.7 Å². The van der Waals surface area contributed by atoms with Crippen LogP contribution in [-0.4, -0.2) is 71.2 Å². The summed E-state index contributed by atoms with van der Waals surface area (Å²) in [4.78, 5) is 43.0. The van der Waals surface area contributed by atoms with Gasteiger partial charge in [0.1, 0.15) is 28.8 Å². The molecule has 0 bridgehead atoms. The van der Waals surface area contributed by atoms with E-state index in [9.17, 15) is 9.59 Å². The standard InChI is InChI=1S/C30H32N6O4S2/c1-35(2)11-12-36(16-18-7-5-4-6-8-18)30(38)40-19-9-10-20-24(13-19)41-28-26(20)27(31-17-32-28)33-21-15-25-22(14-23(21)39-3)34-29(37)42-25/h4-8,14-15,17,19H,9-13,16H2,1-3H3,(H,34,37)(H,31,32,33). The zero-order valence-electron chi connectivity index (χ0n) is 23.7. The van der Waals surface area contributed by atoms with Crippen LogP contribution in [0.2, 0.25) is 0 Å². The highest BCUT2D eigenvalue weighted by Gasteiger charge is 2.29. The van der Waals surface area contributed by atoms with Gasteiger partial charge < -0.3 is 29.6 Å². The molecule has 5 aromatic rings. The number of rotatable bonds is 9. The molecule has 1 unspecified atom stereocenters. The Morgan fingerprint density at radius 1 is 1.14 bits per heavy atom. The Labute approximate surface area is 250 Å². The smallest absolute Gasteiger partial charge is 0.410 e. The van der Waals surface area contributed by atoms with E-state index in [4.69, 9.17) is 9.47 Å². The minimum atomic E-state index is -0.285. The summed E-state index contributed by atoms with van der Waals surface area (Å²) in [7, 11) is 5.60. The van der Waals surface area contributed by atoms with E-state index in [0.717, 1.165) is 67.3 Å². The Kier molecular flexibility index (Phi) is 8.09. The number of hydrogen-bond acceptors (Lipinski definition) is 10. The van der Waals surface area contributed by atoms with Crippen molar-refractivity contribution < 1.29 is 14.3 Å². The Balaban J connectivity index is 1.22. The molecule has 10 nitrogen and oxygen atoms in total. The summed E-state index contributed by atoms with van der Waals surface area (Å²) in [6.45, 7) is 1.84. The van der Waals surface area contributed by atoms with E-state index in [1.807, 2.05) is 56.6 Å². The number of carbonyl (C=O) groups is 1. The minimum absolute atomic E-state index is 0.114. The lowest BCUT2D eigenvalue weighted by molar-refractivity contribution is 0.0536. The molecule has 0 aliphatic heterocycles. The Bertz CT molecular complexity index is 1780. The minimum Gasteiger partial charge on any atom is -0.494 e. The molecule has 1 atom stereocenters. The van der Waals surface area contributed by atoms with E-state index in [1.165, 1.54) is 5.56 Å². The normalized spacial score (nSPS) is 14.7. The molecule has 1 amide bonds. The topological polar surface area (TPSA) is 113 Å². The number of hydrogen-bond donors (Lipinski definition) is 2. The maximum atomic E-state index is 13.3. The molecule has 2 aromatic carbocycles. The fourth-order valence-corrected chi connectivity index (χ4v) is 7.23.